The normalized spacial score (nSPS) is 11.6. The lowest BCUT2D eigenvalue weighted by Gasteiger charge is -2.21. The molecule has 0 aliphatic heterocycles. The van der Waals surface area contributed by atoms with E-state index in [0.29, 0.717) is 11.4 Å². The van der Waals surface area contributed by atoms with Crippen LogP contribution in [-0.2, 0) is 28.7 Å². The maximum atomic E-state index is 12.6. The molecule has 2 rings (SSSR count). The van der Waals surface area contributed by atoms with E-state index in [2.05, 4.69) is 10.1 Å². The van der Waals surface area contributed by atoms with Crippen LogP contribution in [0.15, 0.2) is 28.8 Å². The molecule has 2 aromatic rings. The molecule has 1 heterocycles. The zero-order valence-corrected chi connectivity index (χ0v) is 15.4. The molecule has 0 saturated carbocycles. The van der Waals surface area contributed by atoms with Gasteiger partial charge in [0.05, 0.1) is 5.56 Å². The smallest absolute Gasteiger partial charge is 0.416 e. The first-order valence-electron chi connectivity index (χ1n) is 8.54. The fraction of sp³-hybridized carbons (Fsp3) is 0.444. The molecule has 0 fully saturated rings. The van der Waals surface area contributed by atoms with Crippen molar-refractivity contribution >= 4 is 11.9 Å². The van der Waals surface area contributed by atoms with Gasteiger partial charge in [0.15, 0.2) is 5.82 Å². The summed E-state index contributed by atoms with van der Waals surface area (Å²) in [7, 11) is 0. The van der Waals surface area contributed by atoms with E-state index in [1.165, 1.54) is 12.1 Å². The number of carbonyl (C=O) groups is 2. The molecule has 152 valence electrons. The molecule has 0 radical (unpaired) electrons. The Morgan fingerprint density at radius 1 is 1.21 bits per heavy atom. The standard InChI is InChI=1S/C18H20F3N3O4/c1-11(2)17-22-14(28-23-17)7-8-15(25)24(10-16(26)27)9-12-3-5-13(6-4-12)18(19,20)21/h3-6,11H,7-10H2,1-2H3,(H,26,27). The van der Waals surface area contributed by atoms with E-state index < -0.39 is 30.2 Å². The number of hydrogen-bond donors (Lipinski definition) is 1. The van der Waals surface area contributed by atoms with Gasteiger partial charge in [0, 0.05) is 25.3 Å². The van der Waals surface area contributed by atoms with Crippen LogP contribution in [0.1, 0.15) is 49.0 Å². The Morgan fingerprint density at radius 2 is 1.86 bits per heavy atom. The highest BCUT2D eigenvalue weighted by Gasteiger charge is 2.30. The summed E-state index contributed by atoms with van der Waals surface area (Å²) >= 11 is 0. The maximum absolute atomic E-state index is 12.6. The Morgan fingerprint density at radius 3 is 2.36 bits per heavy atom. The summed E-state index contributed by atoms with van der Waals surface area (Å²) in [6, 6.07) is 4.23. The van der Waals surface area contributed by atoms with Gasteiger partial charge in [-0.2, -0.15) is 18.2 Å². The summed E-state index contributed by atoms with van der Waals surface area (Å²) in [5, 5.41) is 12.8. The van der Waals surface area contributed by atoms with Crippen LogP contribution in [0.4, 0.5) is 13.2 Å². The quantitative estimate of drug-likeness (QED) is 0.732. The van der Waals surface area contributed by atoms with Gasteiger partial charge in [-0.1, -0.05) is 31.1 Å². The van der Waals surface area contributed by atoms with E-state index in [0.717, 1.165) is 17.0 Å². The second-order valence-electron chi connectivity index (χ2n) is 6.54. The van der Waals surface area contributed by atoms with Gasteiger partial charge in [0.1, 0.15) is 6.54 Å². The van der Waals surface area contributed by atoms with Crippen molar-refractivity contribution in [3.05, 3.63) is 47.1 Å². The Balaban J connectivity index is 2.03. The lowest BCUT2D eigenvalue weighted by Crippen LogP contribution is -2.35. The molecule has 28 heavy (non-hydrogen) atoms. The Labute approximate surface area is 159 Å². The van der Waals surface area contributed by atoms with Crippen LogP contribution in [0.3, 0.4) is 0 Å². The van der Waals surface area contributed by atoms with E-state index in [1.54, 1.807) is 0 Å². The van der Waals surface area contributed by atoms with Crippen LogP contribution in [0.5, 0.6) is 0 Å². The van der Waals surface area contributed by atoms with Crippen LogP contribution < -0.4 is 0 Å². The van der Waals surface area contributed by atoms with Crippen molar-refractivity contribution in [2.24, 2.45) is 0 Å². The van der Waals surface area contributed by atoms with Crippen LogP contribution in [0.25, 0.3) is 0 Å². The predicted octanol–water partition coefficient (Wildman–Crippen LogP) is 3.26. The molecule has 7 nitrogen and oxygen atoms in total. The summed E-state index contributed by atoms with van der Waals surface area (Å²) in [5.41, 5.74) is -0.424. The first kappa shape index (κ1) is 21.4. The number of amides is 1. The van der Waals surface area contributed by atoms with Crippen molar-refractivity contribution in [1.29, 1.82) is 0 Å². The number of aryl methyl sites for hydroxylation is 1. The number of carbonyl (C=O) groups excluding carboxylic acids is 1. The van der Waals surface area contributed by atoms with Crippen LogP contribution in [0.2, 0.25) is 0 Å². The van der Waals surface area contributed by atoms with Crippen molar-refractivity contribution in [1.82, 2.24) is 15.0 Å². The molecular weight excluding hydrogens is 379 g/mol. The predicted molar refractivity (Wildman–Crippen MR) is 91.2 cm³/mol. The molecule has 1 aromatic carbocycles. The minimum atomic E-state index is -4.46. The fourth-order valence-corrected chi connectivity index (χ4v) is 2.39. The van der Waals surface area contributed by atoms with Crippen molar-refractivity contribution in [2.75, 3.05) is 6.54 Å². The number of carboxylic acid groups (broad SMARTS) is 1. The number of benzene rings is 1. The van der Waals surface area contributed by atoms with E-state index >= 15 is 0 Å². The molecule has 0 saturated heterocycles. The van der Waals surface area contributed by atoms with Gasteiger partial charge in [-0.05, 0) is 17.7 Å². The molecule has 0 aliphatic carbocycles. The molecule has 0 bridgehead atoms. The Kier molecular flexibility index (Phi) is 6.76. The fourth-order valence-electron chi connectivity index (χ4n) is 2.39. The van der Waals surface area contributed by atoms with Gasteiger partial charge in [-0.15, -0.1) is 0 Å². The average molecular weight is 399 g/mol. The number of hydrogen-bond acceptors (Lipinski definition) is 5. The van der Waals surface area contributed by atoms with Gasteiger partial charge in [-0.25, -0.2) is 0 Å². The van der Waals surface area contributed by atoms with Crippen molar-refractivity contribution in [3.8, 4) is 0 Å². The van der Waals surface area contributed by atoms with Crippen LogP contribution >= 0.6 is 0 Å². The molecule has 0 spiro atoms. The molecule has 10 heteroatoms. The molecule has 0 aliphatic rings. The molecule has 1 N–H and O–H groups in total. The number of carboxylic acids is 1. The van der Waals surface area contributed by atoms with Gasteiger partial charge >= 0.3 is 12.1 Å². The first-order chi connectivity index (χ1) is 13.1. The second-order valence-corrected chi connectivity index (χ2v) is 6.54. The van der Waals surface area contributed by atoms with E-state index in [-0.39, 0.29) is 31.2 Å². The van der Waals surface area contributed by atoms with E-state index in [9.17, 15) is 22.8 Å². The summed E-state index contributed by atoms with van der Waals surface area (Å²) in [4.78, 5) is 28.7. The first-order valence-corrected chi connectivity index (χ1v) is 8.54. The summed E-state index contributed by atoms with van der Waals surface area (Å²) in [5.74, 6) is -0.862. The topological polar surface area (TPSA) is 96.5 Å². The molecular formula is C18H20F3N3O4. The molecule has 1 aromatic heterocycles. The number of nitrogens with zero attached hydrogens (tertiary/aromatic N) is 3. The number of aliphatic carboxylic acids is 1. The van der Waals surface area contributed by atoms with Crippen LogP contribution in [0, 0.1) is 0 Å². The highest BCUT2D eigenvalue weighted by atomic mass is 19.4. The zero-order chi connectivity index (χ0) is 20.9. The maximum Gasteiger partial charge on any atom is 0.416 e. The van der Waals surface area contributed by atoms with E-state index in [4.69, 9.17) is 9.63 Å². The number of aromatic nitrogens is 2. The van der Waals surface area contributed by atoms with Gasteiger partial charge in [0.2, 0.25) is 11.8 Å². The van der Waals surface area contributed by atoms with E-state index in [1.807, 2.05) is 13.8 Å². The average Bonchev–Trinajstić information content (AvgIpc) is 3.08. The number of halogens is 3. The third-order valence-electron chi connectivity index (χ3n) is 3.89. The van der Waals surface area contributed by atoms with Crippen LogP contribution in [-0.4, -0.2) is 38.6 Å². The minimum Gasteiger partial charge on any atom is -0.480 e. The summed E-state index contributed by atoms with van der Waals surface area (Å²) < 4.78 is 42.9. The molecule has 0 atom stereocenters. The summed E-state index contributed by atoms with van der Waals surface area (Å²) in [6.07, 6.45) is -4.39. The second kappa shape index (κ2) is 8.85. The van der Waals surface area contributed by atoms with Crippen molar-refractivity contribution in [3.63, 3.8) is 0 Å². The van der Waals surface area contributed by atoms with Gasteiger partial charge < -0.3 is 14.5 Å². The largest absolute Gasteiger partial charge is 0.480 e. The monoisotopic (exact) mass is 399 g/mol. The van der Waals surface area contributed by atoms with Crippen molar-refractivity contribution in [2.45, 2.75) is 45.3 Å². The Bertz CT molecular complexity index is 816. The lowest BCUT2D eigenvalue weighted by molar-refractivity contribution is -0.144. The highest BCUT2D eigenvalue weighted by molar-refractivity contribution is 5.81. The zero-order valence-electron chi connectivity index (χ0n) is 15.4. The molecule has 1 amide bonds. The lowest BCUT2D eigenvalue weighted by atomic mass is 10.1. The van der Waals surface area contributed by atoms with Gasteiger partial charge in [0.25, 0.3) is 0 Å². The molecule has 0 unspecified atom stereocenters. The third kappa shape index (κ3) is 6.07. The Hall–Kier alpha value is -2.91. The summed E-state index contributed by atoms with van der Waals surface area (Å²) in [6.45, 7) is 3.09. The highest BCUT2D eigenvalue weighted by Crippen LogP contribution is 2.29. The van der Waals surface area contributed by atoms with Crippen molar-refractivity contribution < 1.29 is 32.4 Å². The number of alkyl halides is 3. The van der Waals surface area contributed by atoms with Gasteiger partial charge in [-0.3, -0.25) is 9.59 Å². The number of rotatable bonds is 8. The minimum absolute atomic E-state index is 0.0619. The third-order valence-corrected chi connectivity index (χ3v) is 3.89. The SMILES string of the molecule is CC(C)c1noc(CCC(=O)N(CC(=O)O)Cc2ccc(C(F)(F)F)cc2)n1.